The minimum absolute atomic E-state index is 0.0191. The van der Waals surface area contributed by atoms with Crippen molar-refractivity contribution in [2.24, 2.45) is 0 Å². The maximum atomic E-state index is 12.3. The number of ether oxygens (including phenoxy) is 1. The van der Waals surface area contributed by atoms with Gasteiger partial charge in [-0.05, 0) is 49.0 Å². The number of fused-ring (bicyclic) bond motifs is 1. The molecule has 4 nitrogen and oxygen atoms in total. The molecule has 0 radical (unpaired) electrons. The molecule has 4 rings (SSSR count). The van der Waals surface area contributed by atoms with Crippen molar-refractivity contribution in [2.75, 3.05) is 24.7 Å². The quantitative estimate of drug-likeness (QED) is 0.884. The van der Waals surface area contributed by atoms with Gasteiger partial charge in [0.2, 0.25) is 0 Å². The average molecular weight is 346 g/mol. The lowest BCUT2D eigenvalue weighted by atomic mass is 9.90. The summed E-state index contributed by atoms with van der Waals surface area (Å²) in [5.74, 6) is 2.71. The zero-order valence-corrected chi connectivity index (χ0v) is 14.9. The zero-order chi connectivity index (χ0) is 16.4. The second-order valence-electron chi connectivity index (χ2n) is 7.31. The normalized spacial score (nSPS) is 31.8. The van der Waals surface area contributed by atoms with E-state index in [1.54, 1.807) is 0 Å². The molecule has 0 aromatic heterocycles. The summed E-state index contributed by atoms with van der Waals surface area (Å²) in [5, 5.41) is 6.27. The number of carbonyl (C=O) groups is 1. The Morgan fingerprint density at radius 1 is 1.33 bits per heavy atom. The second-order valence-corrected chi connectivity index (χ2v) is 8.42. The van der Waals surface area contributed by atoms with Gasteiger partial charge in [0.25, 0.3) is 0 Å². The topological polar surface area (TPSA) is 50.4 Å². The van der Waals surface area contributed by atoms with Crippen LogP contribution >= 0.6 is 11.8 Å². The highest BCUT2D eigenvalue weighted by atomic mass is 32.2. The van der Waals surface area contributed by atoms with E-state index in [2.05, 4.69) is 34.9 Å². The van der Waals surface area contributed by atoms with Crippen molar-refractivity contribution >= 4 is 17.8 Å². The third kappa shape index (κ3) is 3.42. The first-order chi connectivity index (χ1) is 11.7. The Balaban J connectivity index is 1.27. The molecule has 1 spiro atoms. The van der Waals surface area contributed by atoms with E-state index in [4.69, 9.17) is 4.74 Å². The number of hydrogen-bond donors (Lipinski definition) is 2. The van der Waals surface area contributed by atoms with Crippen LogP contribution in [-0.4, -0.2) is 42.3 Å². The molecule has 0 saturated carbocycles. The van der Waals surface area contributed by atoms with Crippen LogP contribution < -0.4 is 10.6 Å². The Bertz CT molecular complexity index is 601. The maximum absolute atomic E-state index is 12.3. The number of urea groups is 1. The van der Waals surface area contributed by atoms with E-state index < -0.39 is 0 Å². The van der Waals surface area contributed by atoms with Gasteiger partial charge in [-0.15, -0.1) is 0 Å². The fourth-order valence-electron chi connectivity index (χ4n) is 4.32. The molecule has 3 aliphatic rings. The molecule has 2 heterocycles. The van der Waals surface area contributed by atoms with Crippen molar-refractivity contribution in [1.29, 1.82) is 0 Å². The fourth-order valence-corrected chi connectivity index (χ4v) is 5.70. The van der Waals surface area contributed by atoms with Gasteiger partial charge in [0.15, 0.2) is 0 Å². The third-order valence-electron chi connectivity index (χ3n) is 5.66. The molecule has 2 N–H and O–H groups in total. The summed E-state index contributed by atoms with van der Waals surface area (Å²) in [4.78, 5) is 12.3. The van der Waals surface area contributed by atoms with Gasteiger partial charge in [0.05, 0.1) is 5.60 Å². The van der Waals surface area contributed by atoms with Crippen LogP contribution in [0.2, 0.25) is 0 Å². The number of nitrogens with one attached hydrogen (secondary N) is 2. The molecule has 24 heavy (non-hydrogen) atoms. The number of hydrogen-bond acceptors (Lipinski definition) is 3. The van der Waals surface area contributed by atoms with Crippen molar-refractivity contribution in [3.8, 4) is 0 Å². The van der Waals surface area contributed by atoms with E-state index in [1.807, 2.05) is 11.8 Å². The molecule has 3 unspecified atom stereocenters. The fraction of sp³-hybridized carbons (Fsp3) is 0.632. The van der Waals surface area contributed by atoms with Crippen LogP contribution in [0, 0.1) is 0 Å². The molecule has 2 fully saturated rings. The molecule has 1 aromatic carbocycles. The lowest BCUT2D eigenvalue weighted by Crippen LogP contribution is -2.51. The zero-order valence-electron chi connectivity index (χ0n) is 14.1. The lowest BCUT2D eigenvalue weighted by molar-refractivity contribution is -0.0684. The monoisotopic (exact) mass is 346 g/mol. The highest BCUT2D eigenvalue weighted by molar-refractivity contribution is 7.99. The number of aryl methyl sites for hydroxylation is 1. The molecule has 1 aliphatic carbocycles. The van der Waals surface area contributed by atoms with Crippen molar-refractivity contribution in [1.82, 2.24) is 10.6 Å². The highest BCUT2D eigenvalue weighted by Gasteiger charge is 2.40. The molecule has 5 heteroatoms. The SMILES string of the molecule is O=C(NCC1CCc2ccccc21)NC1CCOC2(CCSC2)C1. The molecular formula is C19H26N2O2S. The predicted octanol–water partition coefficient (Wildman–Crippen LogP) is 3.07. The summed E-state index contributed by atoms with van der Waals surface area (Å²) >= 11 is 1.97. The van der Waals surface area contributed by atoms with Gasteiger partial charge in [-0.25, -0.2) is 4.79 Å². The van der Waals surface area contributed by atoms with Crippen LogP contribution in [0.25, 0.3) is 0 Å². The summed E-state index contributed by atoms with van der Waals surface area (Å²) in [7, 11) is 0. The molecule has 3 atom stereocenters. The Hall–Kier alpha value is -1.20. The highest BCUT2D eigenvalue weighted by Crippen LogP contribution is 2.38. The number of carbonyl (C=O) groups excluding carboxylic acids is 1. The van der Waals surface area contributed by atoms with Crippen LogP contribution in [0.15, 0.2) is 24.3 Å². The summed E-state index contributed by atoms with van der Waals surface area (Å²) < 4.78 is 6.03. The van der Waals surface area contributed by atoms with Gasteiger partial charge in [0, 0.05) is 30.9 Å². The molecule has 2 saturated heterocycles. The van der Waals surface area contributed by atoms with Crippen molar-refractivity contribution in [3.63, 3.8) is 0 Å². The first-order valence-electron chi connectivity index (χ1n) is 9.08. The number of thioether (sulfide) groups is 1. The molecule has 2 amide bonds. The summed E-state index contributed by atoms with van der Waals surface area (Å²) in [6.45, 7) is 1.49. The van der Waals surface area contributed by atoms with Crippen LogP contribution in [0.3, 0.4) is 0 Å². The smallest absolute Gasteiger partial charge is 0.315 e. The van der Waals surface area contributed by atoms with Crippen molar-refractivity contribution in [2.45, 2.75) is 49.7 Å². The summed E-state index contributed by atoms with van der Waals surface area (Å²) in [6, 6.07) is 8.82. The van der Waals surface area contributed by atoms with Gasteiger partial charge < -0.3 is 15.4 Å². The molecule has 130 valence electrons. The first kappa shape index (κ1) is 16.3. The molecule has 1 aromatic rings. The number of rotatable bonds is 3. The Kier molecular flexibility index (Phi) is 4.72. The van der Waals surface area contributed by atoms with Crippen LogP contribution in [0.1, 0.15) is 42.7 Å². The van der Waals surface area contributed by atoms with Gasteiger partial charge >= 0.3 is 6.03 Å². The van der Waals surface area contributed by atoms with Crippen LogP contribution in [0.5, 0.6) is 0 Å². The largest absolute Gasteiger partial charge is 0.374 e. The minimum Gasteiger partial charge on any atom is -0.374 e. The van der Waals surface area contributed by atoms with E-state index in [0.29, 0.717) is 5.92 Å². The average Bonchev–Trinajstić information content (AvgIpc) is 3.20. The molecule has 0 bridgehead atoms. The van der Waals surface area contributed by atoms with Crippen LogP contribution in [0.4, 0.5) is 4.79 Å². The van der Waals surface area contributed by atoms with E-state index >= 15 is 0 Å². The van der Waals surface area contributed by atoms with E-state index in [1.165, 1.54) is 16.9 Å². The van der Waals surface area contributed by atoms with Crippen molar-refractivity contribution < 1.29 is 9.53 Å². The Morgan fingerprint density at radius 2 is 2.25 bits per heavy atom. The maximum Gasteiger partial charge on any atom is 0.315 e. The first-order valence-corrected chi connectivity index (χ1v) is 10.2. The number of benzene rings is 1. The molecular weight excluding hydrogens is 320 g/mol. The van der Waals surface area contributed by atoms with Gasteiger partial charge in [-0.3, -0.25) is 0 Å². The summed E-state index contributed by atoms with van der Waals surface area (Å²) in [6.07, 6.45) is 5.27. The van der Waals surface area contributed by atoms with E-state index in [9.17, 15) is 4.79 Å². The summed E-state index contributed by atoms with van der Waals surface area (Å²) in [5.41, 5.74) is 2.87. The second kappa shape index (κ2) is 6.96. The molecule has 2 aliphatic heterocycles. The number of amides is 2. The minimum atomic E-state index is -0.0212. The predicted molar refractivity (Wildman–Crippen MR) is 97.7 cm³/mol. The van der Waals surface area contributed by atoms with Gasteiger partial charge in [-0.2, -0.15) is 11.8 Å². The van der Waals surface area contributed by atoms with Gasteiger partial charge in [0.1, 0.15) is 0 Å². The lowest BCUT2D eigenvalue weighted by Gasteiger charge is -2.38. The Labute approximate surface area is 148 Å². The van der Waals surface area contributed by atoms with E-state index in [-0.39, 0.29) is 17.7 Å². The van der Waals surface area contributed by atoms with Gasteiger partial charge in [-0.1, -0.05) is 24.3 Å². The van der Waals surface area contributed by atoms with E-state index in [0.717, 1.165) is 51.0 Å². The van der Waals surface area contributed by atoms with Crippen molar-refractivity contribution in [3.05, 3.63) is 35.4 Å². The third-order valence-corrected chi connectivity index (χ3v) is 6.88. The Morgan fingerprint density at radius 3 is 3.12 bits per heavy atom. The van der Waals surface area contributed by atoms with Crippen LogP contribution in [-0.2, 0) is 11.2 Å². The standard InChI is InChI=1S/C19H26N2O2S/c22-18(20-12-15-6-5-14-3-1-2-4-17(14)15)21-16-7-9-23-19(11-16)8-10-24-13-19/h1-4,15-16H,5-13H2,(H2,20,21,22).